The smallest absolute Gasteiger partial charge is 0.227 e. The molecule has 6 nitrogen and oxygen atoms in total. The first kappa shape index (κ1) is 13.7. The molecule has 19 heavy (non-hydrogen) atoms. The molecule has 0 saturated heterocycles. The van der Waals surface area contributed by atoms with Crippen molar-refractivity contribution in [3.63, 3.8) is 0 Å². The maximum absolute atomic E-state index is 11.0. The predicted octanol–water partition coefficient (Wildman–Crippen LogP) is 1.73. The largest absolute Gasteiger partial charge is 0.339 e. The number of hydrogen-bond donors (Lipinski definition) is 2. The lowest BCUT2D eigenvalue weighted by molar-refractivity contribution is -0.114. The molecule has 0 aromatic carbocycles. The van der Waals surface area contributed by atoms with Crippen LogP contribution in [0.4, 0.5) is 5.69 Å². The minimum absolute atomic E-state index is 0.0546. The number of aromatic nitrogens is 2. The number of carbonyl (C=O) groups excluding carboxylic acids is 1. The first-order valence-electron chi connectivity index (χ1n) is 5.99. The van der Waals surface area contributed by atoms with E-state index in [1.54, 1.807) is 18.3 Å². The van der Waals surface area contributed by atoms with Crippen molar-refractivity contribution in [2.24, 2.45) is 0 Å². The first-order valence-corrected chi connectivity index (χ1v) is 6.87. The number of thiophene rings is 1. The summed E-state index contributed by atoms with van der Waals surface area (Å²) in [5.41, 5.74) is 0.874. The highest BCUT2D eigenvalue weighted by Gasteiger charge is 2.06. The lowest BCUT2D eigenvalue weighted by atomic mass is 10.3. The maximum atomic E-state index is 11.0. The average Bonchev–Trinajstić information content (AvgIpc) is 2.94. The zero-order valence-electron chi connectivity index (χ0n) is 10.9. The quantitative estimate of drug-likeness (QED) is 0.788. The normalized spacial score (nSPS) is 10.6. The minimum Gasteiger partial charge on any atom is -0.339 e. The van der Waals surface area contributed by atoms with Crippen LogP contribution in [0.5, 0.6) is 0 Å². The Morgan fingerprint density at radius 3 is 3.05 bits per heavy atom. The Hall–Kier alpha value is -1.73. The van der Waals surface area contributed by atoms with Crippen molar-refractivity contribution in [3.05, 3.63) is 28.0 Å². The summed E-state index contributed by atoms with van der Waals surface area (Å²) >= 11 is 1.61. The highest BCUT2D eigenvalue weighted by atomic mass is 32.1. The third-order valence-corrected chi connectivity index (χ3v) is 3.35. The van der Waals surface area contributed by atoms with Crippen LogP contribution in [0.15, 0.2) is 16.0 Å². The minimum atomic E-state index is -0.0546. The topological polar surface area (TPSA) is 80.0 Å². The van der Waals surface area contributed by atoms with Gasteiger partial charge in [0.1, 0.15) is 0 Å². The van der Waals surface area contributed by atoms with Crippen LogP contribution in [0.3, 0.4) is 0 Å². The Bertz CT molecular complexity index is 549. The molecule has 102 valence electrons. The summed E-state index contributed by atoms with van der Waals surface area (Å²) in [6, 6.07) is 1.91. The first-order chi connectivity index (χ1) is 9.15. The van der Waals surface area contributed by atoms with Gasteiger partial charge in [0, 0.05) is 31.3 Å². The van der Waals surface area contributed by atoms with E-state index in [9.17, 15) is 4.79 Å². The van der Waals surface area contributed by atoms with Crippen molar-refractivity contribution in [2.75, 3.05) is 11.9 Å². The Labute approximate surface area is 115 Å². The molecule has 0 aliphatic rings. The zero-order chi connectivity index (χ0) is 13.7. The molecule has 1 amide bonds. The van der Waals surface area contributed by atoms with Gasteiger partial charge >= 0.3 is 0 Å². The molecular weight excluding hydrogens is 264 g/mol. The third-order valence-electron chi connectivity index (χ3n) is 2.43. The van der Waals surface area contributed by atoms with Gasteiger partial charge in [0.25, 0.3) is 0 Å². The lowest BCUT2D eigenvalue weighted by Crippen LogP contribution is -2.17. The molecule has 0 unspecified atom stereocenters. The summed E-state index contributed by atoms with van der Waals surface area (Å²) in [6.45, 7) is 4.76. The molecule has 0 spiro atoms. The molecule has 0 saturated carbocycles. The lowest BCUT2D eigenvalue weighted by Gasteiger charge is -2.05. The summed E-state index contributed by atoms with van der Waals surface area (Å²) in [4.78, 5) is 16.3. The number of amides is 1. The second-order valence-electron chi connectivity index (χ2n) is 4.10. The molecule has 2 N–H and O–H groups in total. The standard InChI is InChI=1S/C12H16N4O2S/c1-8-14-12(18-16-8)3-5-13-7-11-10(4-6-19-11)15-9(2)17/h4,6,13H,3,5,7H2,1-2H3,(H,15,17). The fraction of sp³-hybridized carbons (Fsp3) is 0.417. The number of hydrogen-bond acceptors (Lipinski definition) is 6. The maximum Gasteiger partial charge on any atom is 0.227 e. The van der Waals surface area contributed by atoms with Gasteiger partial charge in [-0.3, -0.25) is 4.79 Å². The third kappa shape index (κ3) is 4.15. The van der Waals surface area contributed by atoms with E-state index in [2.05, 4.69) is 20.8 Å². The molecule has 0 fully saturated rings. The van der Waals surface area contributed by atoms with Gasteiger partial charge in [-0.1, -0.05) is 5.16 Å². The van der Waals surface area contributed by atoms with Crippen molar-refractivity contribution < 1.29 is 9.32 Å². The van der Waals surface area contributed by atoms with Crippen LogP contribution in [0.2, 0.25) is 0 Å². The summed E-state index contributed by atoms with van der Waals surface area (Å²) in [7, 11) is 0. The van der Waals surface area contributed by atoms with Crippen molar-refractivity contribution >= 4 is 22.9 Å². The van der Waals surface area contributed by atoms with Crippen LogP contribution in [-0.2, 0) is 17.8 Å². The van der Waals surface area contributed by atoms with Crippen LogP contribution in [-0.4, -0.2) is 22.6 Å². The Kier molecular flexibility index (Phi) is 4.64. The highest BCUT2D eigenvalue weighted by Crippen LogP contribution is 2.21. The number of nitrogens with zero attached hydrogens (tertiary/aromatic N) is 2. The van der Waals surface area contributed by atoms with Crippen molar-refractivity contribution in [1.29, 1.82) is 0 Å². The number of anilines is 1. The molecule has 2 rings (SSSR count). The van der Waals surface area contributed by atoms with Gasteiger partial charge in [-0.2, -0.15) is 4.98 Å². The summed E-state index contributed by atoms with van der Waals surface area (Å²) < 4.78 is 5.02. The molecule has 0 atom stereocenters. The second-order valence-corrected chi connectivity index (χ2v) is 5.10. The number of aryl methyl sites for hydroxylation is 1. The monoisotopic (exact) mass is 280 g/mol. The zero-order valence-corrected chi connectivity index (χ0v) is 11.7. The van der Waals surface area contributed by atoms with E-state index in [1.165, 1.54) is 6.92 Å². The molecule has 2 aromatic rings. The highest BCUT2D eigenvalue weighted by molar-refractivity contribution is 7.10. The average molecular weight is 280 g/mol. The Balaban J connectivity index is 1.76. The molecular formula is C12H16N4O2S. The van der Waals surface area contributed by atoms with Crippen LogP contribution in [0.1, 0.15) is 23.5 Å². The predicted molar refractivity (Wildman–Crippen MR) is 73.1 cm³/mol. The summed E-state index contributed by atoms with van der Waals surface area (Å²) in [6.07, 6.45) is 0.696. The van der Waals surface area contributed by atoms with E-state index >= 15 is 0 Å². The van der Waals surface area contributed by atoms with Gasteiger partial charge in [0.05, 0.1) is 5.69 Å². The van der Waals surface area contributed by atoms with Gasteiger partial charge in [0.2, 0.25) is 11.8 Å². The molecule has 0 aliphatic carbocycles. The van der Waals surface area contributed by atoms with E-state index in [4.69, 9.17) is 4.52 Å². The van der Waals surface area contributed by atoms with Crippen molar-refractivity contribution in [1.82, 2.24) is 15.5 Å². The molecule has 2 aromatic heterocycles. The van der Waals surface area contributed by atoms with Crippen LogP contribution >= 0.6 is 11.3 Å². The van der Waals surface area contributed by atoms with E-state index in [-0.39, 0.29) is 5.91 Å². The SMILES string of the molecule is CC(=O)Nc1ccsc1CNCCc1nc(C)no1. The van der Waals surface area contributed by atoms with Gasteiger partial charge in [-0.15, -0.1) is 11.3 Å². The molecule has 0 aliphatic heterocycles. The fourth-order valence-electron chi connectivity index (χ4n) is 1.62. The molecule has 7 heteroatoms. The fourth-order valence-corrected chi connectivity index (χ4v) is 2.42. The second kappa shape index (κ2) is 6.44. The van der Waals surface area contributed by atoms with Crippen LogP contribution in [0.25, 0.3) is 0 Å². The van der Waals surface area contributed by atoms with Crippen LogP contribution < -0.4 is 10.6 Å². The van der Waals surface area contributed by atoms with E-state index < -0.39 is 0 Å². The van der Waals surface area contributed by atoms with Gasteiger partial charge in [0.15, 0.2) is 5.82 Å². The van der Waals surface area contributed by atoms with E-state index in [0.29, 0.717) is 24.7 Å². The van der Waals surface area contributed by atoms with E-state index in [0.717, 1.165) is 17.1 Å². The summed E-state index contributed by atoms with van der Waals surface area (Å²) in [5.74, 6) is 1.24. The van der Waals surface area contributed by atoms with Gasteiger partial charge in [-0.25, -0.2) is 0 Å². The number of rotatable bonds is 6. The van der Waals surface area contributed by atoms with Crippen molar-refractivity contribution in [2.45, 2.75) is 26.8 Å². The Morgan fingerprint density at radius 1 is 1.53 bits per heavy atom. The van der Waals surface area contributed by atoms with Crippen LogP contribution in [0, 0.1) is 6.92 Å². The Morgan fingerprint density at radius 2 is 2.37 bits per heavy atom. The van der Waals surface area contributed by atoms with E-state index in [1.807, 2.05) is 11.4 Å². The van der Waals surface area contributed by atoms with Gasteiger partial charge < -0.3 is 15.2 Å². The number of carbonyl (C=O) groups is 1. The van der Waals surface area contributed by atoms with Gasteiger partial charge in [-0.05, 0) is 18.4 Å². The molecule has 0 bridgehead atoms. The summed E-state index contributed by atoms with van der Waals surface area (Å²) in [5, 5.41) is 11.8. The molecule has 2 heterocycles. The number of nitrogens with one attached hydrogen (secondary N) is 2. The van der Waals surface area contributed by atoms with Crippen molar-refractivity contribution in [3.8, 4) is 0 Å². The molecule has 0 radical (unpaired) electrons.